The van der Waals surface area contributed by atoms with Crippen LogP contribution in [0.25, 0.3) is 0 Å². The number of carbonyl (C=O) groups excluding carboxylic acids is 2. The first-order valence-corrected chi connectivity index (χ1v) is 8.47. The minimum absolute atomic E-state index is 0.324. The lowest BCUT2D eigenvalue weighted by Crippen LogP contribution is -2.38. The van der Waals surface area contributed by atoms with Gasteiger partial charge in [0.15, 0.2) is 0 Å². The van der Waals surface area contributed by atoms with Gasteiger partial charge in [0.05, 0.1) is 16.8 Å². The van der Waals surface area contributed by atoms with Gasteiger partial charge in [-0.15, -0.1) is 0 Å². The predicted octanol–water partition coefficient (Wildman–Crippen LogP) is 2.40. The maximum atomic E-state index is 12.7. The molecule has 2 amide bonds. The first kappa shape index (κ1) is 17.8. The Labute approximate surface area is 151 Å². The van der Waals surface area contributed by atoms with Gasteiger partial charge in [-0.25, -0.2) is 4.90 Å². The van der Waals surface area contributed by atoms with Crippen molar-refractivity contribution >= 4 is 23.5 Å². The lowest BCUT2D eigenvalue weighted by atomic mass is 10.0. The molecule has 0 unspecified atom stereocenters. The molecule has 2 aromatic carbocycles. The second-order valence-electron chi connectivity index (χ2n) is 6.26. The van der Waals surface area contributed by atoms with Crippen LogP contribution >= 0.6 is 0 Å². The molecule has 2 N–H and O–H groups in total. The SMILES string of the molecule is CCN[C@@H](Cc1ccc(N2C(=O)c3cccc(C)c3C2=O)cc1)C(=O)O. The molecular formula is C20H20N2O4. The largest absolute Gasteiger partial charge is 0.480 e. The van der Waals surface area contributed by atoms with Crippen LogP contribution in [-0.2, 0) is 11.2 Å². The fourth-order valence-electron chi connectivity index (χ4n) is 3.20. The van der Waals surface area contributed by atoms with Crippen molar-refractivity contribution in [2.75, 3.05) is 11.4 Å². The maximum absolute atomic E-state index is 12.7. The van der Waals surface area contributed by atoms with E-state index in [4.69, 9.17) is 0 Å². The lowest BCUT2D eigenvalue weighted by molar-refractivity contribution is -0.139. The molecule has 3 rings (SSSR count). The third kappa shape index (κ3) is 3.11. The quantitative estimate of drug-likeness (QED) is 0.780. The highest BCUT2D eigenvalue weighted by Gasteiger charge is 2.37. The molecule has 0 radical (unpaired) electrons. The highest BCUT2D eigenvalue weighted by molar-refractivity contribution is 6.34. The second kappa shape index (κ2) is 7.09. The lowest BCUT2D eigenvalue weighted by Gasteiger charge is -2.16. The number of carboxylic acid groups (broad SMARTS) is 1. The second-order valence-corrected chi connectivity index (χ2v) is 6.26. The minimum atomic E-state index is -0.910. The molecule has 0 aromatic heterocycles. The summed E-state index contributed by atoms with van der Waals surface area (Å²) in [6.45, 7) is 4.22. The number of hydrogen-bond donors (Lipinski definition) is 2. The van der Waals surface area contributed by atoms with Crippen molar-refractivity contribution in [1.29, 1.82) is 0 Å². The summed E-state index contributed by atoms with van der Waals surface area (Å²) >= 11 is 0. The number of carboxylic acids is 1. The van der Waals surface area contributed by atoms with E-state index in [0.717, 1.165) is 11.1 Å². The summed E-state index contributed by atoms with van der Waals surface area (Å²) < 4.78 is 0. The van der Waals surface area contributed by atoms with Crippen LogP contribution in [0.4, 0.5) is 5.69 Å². The molecule has 0 saturated carbocycles. The number of nitrogens with one attached hydrogen (secondary N) is 1. The number of rotatable bonds is 6. The van der Waals surface area contributed by atoms with Gasteiger partial charge >= 0.3 is 5.97 Å². The Morgan fingerprint density at radius 3 is 2.38 bits per heavy atom. The predicted molar refractivity (Wildman–Crippen MR) is 97.6 cm³/mol. The van der Waals surface area contributed by atoms with Crippen LogP contribution in [0.1, 0.15) is 38.8 Å². The van der Waals surface area contributed by atoms with Gasteiger partial charge in [-0.1, -0.05) is 31.2 Å². The third-order valence-electron chi connectivity index (χ3n) is 4.51. The number of amides is 2. The first-order valence-electron chi connectivity index (χ1n) is 8.47. The Morgan fingerprint density at radius 1 is 1.12 bits per heavy atom. The highest BCUT2D eigenvalue weighted by atomic mass is 16.4. The molecule has 1 heterocycles. The van der Waals surface area contributed by atoms with Crippen LogP contribution in [0.3, 0.4) is 0 Å². The number of aryl methyl sites for hydroxylation is 1. The number of likely N-dealkylation sites (N-methyl/N-ethyl adjacent to an activating group) is 1. The van der Waals surface area contributed by atoms with E-state index in [1.54, 1.807) is 36.4 Å². The topological polar surface area (TPSA) is 86.7 Å². The number of aliphatic carboxylic acids is 1. The van der Waals surface area contributed by atoms with Crippen molar-refractivity contribution in [1.82, 2.24) is 5.32 Å². The van der Waals surface area contributed by atoms with Gasteiger partial charge in [0, 0.05) is 0 Å². The molecule has 26 heavy (non-hydrogen) atoms. The average Bonchev–Trinajstić information content (AvgIpc) is 2.87. The van der Waals surface area contributed by atoms with E-state index in [2.05, 4.69) is 5.32 Å². The van der Waals surface area contributed by atoms with Gasteiger partial charge in [0.1, 0.15) is 6.04 Å². The van der Waals surface area contributed by atoms with Crippen LogP contribution < -0.4 is 10.2 Å². The number of benzene rings is 2. The minimum Gasteiger partial charge on any atom is -0.480 e. The van der Waals surface area contributed by atoms with Crippen molar-refractivity contribution in [2.24, 2.45) is 0 Å². The van der Waals surface area contributed by atoms with E-state index < -0.39 is 12.0 Å². The van der Waals surface area contributed by atoms with Gasteiger partial charge < -0.3 is 10.4 Å². The normalized spacial score (nSPS) is 14.5. The monoisotopic (exact) mass is 352 g/mol. The van der Waals surface area contributed by atoms with E-state index in [1.165, 1.54) is 4.90 Å². The highest BCUT2D eigenvalue weighted by Crippen LogP contribution is 2.30. The van der Waals surface area contributed by atoms with Crippen LogP contribution in [-0.4, -0.2) is 35.5 Å². The maximum Gasteiger partial charge on any atom is 0.321 e. The molecule has 1 atom stereocenters. The van der Waals surface area contributed by atoms with Crippen LogP contribution in [0.5, 0.6) is 0 Å². The van der Waals surface area contributed by atoms with Gasteiger partial charge in [-0.2, -0.15) is 0 Å². The molecule has 0 saturated heterocycles. The Bertz CT molecular complexity index is 874. The molecule has 0 bridgehead atoms. The summed E-state index contributed by atoms with van der Waals surface area (Å²) in [5.41, 5.74) is 2.93. The van der Waals surface area contributed by atoms with Crippen LogP contribution in [0.2, 0.25) is 0 Å². The van der Waals surface area contributed by atoms with Crippen molar-refractivity contribution in [3.8, 4) is 0 Å². The van der Waals surface area contributed by atoms with E-state index in [1.807, 2.05) is 19.9 Å². The number of imide groups is 1. The number of hydrogen-bond acceptors (Lipinski definition) is 4. The van der Waals surface area contributed by atoms with E-state index >= 15 is 0 Å². The van der Waals surface area contributed by atoms with E-state index in [9.17, 15) is 19.5 Å². The van der Waals surface area contributed by atoms with Gasteiger partial charge in [0.25, 0.3) is 11.8 Å². The van der Waals surface area contributed by atoms with Crippen LogP contribution in [0.15, 0.2) is 42.5 Å². The van der Waals surface area contributed by atoms with Crippen molar-refractivity contribution < 1.29 is 19.5 Å². The van der Waals surface area contributed by atoms with Gasteiger partial charge in [0.2, 0.25) is 0 Å². The summed E-state index contributed by atoms with van der Waals surface area (Å²) in [4.78, 5) is 37.7. The molecule has 0 aliphatic carbocycles. The molecule has 0 spiro atoms. The van der Waals surface area contributed by atoms with Gasteiger partial charge in [-0.05, 0) is 49.2 Å². The fraction of sp³-hybridized carbons (Fsp3) is 0.250. The summed E-state index contributed by atoms with van der Waals surface area (Å²) in [7, 11) is 0. The third-order valence-corrected chi connectivity index (χ3v) is 4.51. The smallest absolute Gasteiger partial charge is 0.321 e. The summed E-state index contributed by atoms with van der Waals surface area (Å²) in [6.07, 6.45) is 0.324. The zero-order valence-electron chi connectivity index (χ0n) is 14.7. The molecule has 0 fully saturated rings. The zero-order chi connectivity index (χ0) is 18.8. The van der Waals surface area contributed by atoms with Crippen LogP contribution in [0, 0.1) is 6.92 Å². The van der Waals surface area contributed by atoms with Crippen molar-refractivity contribution in [3.05, 3.63) is 64.7 Å². The van der Waals surface area contributed by atoms with Gasteiger partial charge in [-0.3, -0.25) is 14.4 Å². The molecule has 2 aromatic rings. The zero-order valence-corrected chi connectivity index (χ0v) is 14.7. The number of carbonyl (C=O) groups is 3. The summed E-state index contributed by atoms with van der Waals surface area (Å²) in [5, 5.41) is 12.1. The standard InChI is InChI=1S/C20H20N2O4/c1-3-21-16(20(25)26)11-13-7-9-14(10-8-13)22-18(23)15-6-4-5-12(2)17(15)19(22)24/h4-10,16,21H,3,11H2,1-2H3,(H,25,26)/t16-/m0/s1. The summed E-state index contributed by atoms with van der Waals surface area (Å²) in [5.74, 6) is -1.57. The fourth-order valence-corrected chi connectivity index (χ4v) is 3.20. The average molecular weight is 352 g/mol. The first-order chi connectivity index (χ1) is 12.4. The number of nitrogens with zero attached hydrogens (tertiary/aromatic N) is 1. The summed E-state index contributed by atoms with van der Waals surface area (Å²) in [6, 6.07) is 11.4. The van der Waals surface area contributed by atoms with Crippen molar-refractivity contribution in [2.45, 2.75) is 26.3 Å². The molecule has 1 aliphatic heterocycles. The van der Waals surface area contributed by atoms with Crippen molar-refractivity contribution in [3.63, 3.8) is 0 Å². The molecule has 134 valence electrons. The number of fused-ring (bicyclic) bond motifs is 1. The Kier molecular flexibility index (Phi) is 4.86. The Hall–Kier alpha value is -2.99. The molecule has 6 heteroatoms. The molecular weight excluding hydrogens is 332 g/mol. The Morgan fingerprint density at radius 2 is 1.81 bits per heavy atom. The number of anilines is 1. The molecule has 6 nitrogen and oxygen atoms in total. The molecule has 1 aliphatic rings. The van der Waals surface area contributed by atoms with E-state index in [-0.39, 0.29) is 11.8 Å². The Balaban J connectivity index is 1.84. The van der Waals surface area contributed by atoms with E-state index in [0.29, 0.717) is 29.8 Å².